The number of anilines is 2. The van der Waals surface area contributed by atoms with Crippen LogP contribution in [0.25, 0.3) is 0 Å². The number of hydrogen-bond donors (Lipinski definition) is 0. The monoisotopic (exact) mass is 479 g/mol. The number of amides is 1. The van der Waals surface area contributed by atoms with E-state index in [-0.39, 0.29) is 5.15 Å². The van der Waals surface area contributed by atoms with Crippen LogP contribution in [0.2, 0.25) is 5.15 Å². The van der Waals surface area contributed by atoms with Crippen molar-refractivity contribution in [2.24, 2.45) is 0 Å². The van der Waals surface area contributed by atoms with Gasteiger partial charge in [0.2, 0.25) is 0 Å². The summed E-state index contributed by atoms with van der Waals surface area (Å²) >= 11 is 10.0. The molecule has 1 heterocycles. The van der Waals surface area contributed by atoms with Gasteiger partial charge < -0.3 is 4.74 Å². The van der Waals surface area contributed by atoms with Crippen LogP contribution in [0.4, 0.5) is 16.3 Å². The third-order valence-corrected chi connectivity index (χ3v) is 5.01. The number of benzene rings is 1. The summed E-state index contributed by atoms with van der Waals surface area (Å²) in [5, 5.41) is 0.288. The molecule has 0 N–H and O–H groups in total. The summed E-state index contributed by atoms with van der Waals surface area (Å²) in [6.45, 7) is 15.2. The highest BCUT2D eigenvalue weighted by atomic mass is 79.9. The number of carbonyl (C=O) groups excluding carboxylic acids is 1. The fourth-order valence-electron chi connectivity index (χ4n) is 2.72. The van der Waals surface area contributed by atoms with Gasteiger partial charge in [-0.3, -0.25) is 0 Å². The minimum absolute atomic E-state index is 0.288. The van der Waals surface area contributed by atoms with Crippen LogP contribution in [0.15, 0.2) is 35.3 Å². The molecule has 0 atom stereocenters. The number of aromatic nitrogens is 2. The van der Waals surface area contributed by atoms with E-state index in [0.29, 0.717) is 35.2 Å². The van der Waals surface area contributed by atoms with E-state index in [2.05, 4.69) is 46.3 Å². The zero-order valence-corrected chi connectivity index (χ0v) is 20.1. The third kappa shape index (κ3) is 5.80. The van der Waals surface area contributed by atoms with Gasteiger partial charge in [0.05, 0.1) is 5.69 Å². The summed E-state index contributed by atoms with van der Waals surface area (Å²) in [5.74, 6) is 1.19. The zero-order chi connectivity index (χ0) is 21.9. The number of nitrogens with zero attached hydrogens (tertiary/aromatic N) is 3. The van der Waals surface area contributed by atoms with Gasteiger partial charge in [-0.15, -0.1) is 6.58 Å². The molecule has 2 rings (SSSR count). The first-order chi connectivity index (χ1) is 13.4. The molecule has 0 aliphatic carbocycles. The van der Waals surface area contributed by atoms with Crippen molar-refractivity contribution < 1.29 is 9.53 Å². The van der Waals surface area contributed by atoms with Crippen molar-refractivity contribution in [1.82, 2.24) is 9.97 Å². The summed E-state index contributed by atoms with van der Waals surface area (Å²) < 4.78 is 6.45. The molecule has 0 saturated heterocycles. The van der Waals surface area contributed by atoms with E-state index >= 15 is 0 Å². The lowest BCUT2D eigenvalue weighted by atomic mass is 10.0. The van der Waals surface area contributed by atoms with E-state index in [1.165, 1.54) is 4.90 Å². The molecule has 1 amide bonds. The quantitative estimate of drug-likeness (QED) is 0.337. The molecule has 0 fully saturated rings. The molecule has 0 unspecified atom stereocenters. The van der Waals surface area contributed by atoms with Crippen LogP contribution in [-0.2, 0) is 11.2 Å². The Bertz CT molecular complexity index is 923. The van der Waals surface area contributed by atoms with Crippen LogP contribution in [0.3, 0.4) is 0 Å². The molecule has 1 aromatic carbocycles. The number of hydrogen-bond acceptors (Lipinski definition) is 4. The molecule has 0 aliphatic rings. The van der Waals surface area contributed by atoms with Crippen LogP contribution in [0, 0.1) is 6.92 Å². The molecule has 5 nitrogen and oxygen atoms in total. The summed E-state index contributed by atoms with van der Waals surface area (Å²) in [7, 11) is 0. The Morgan fingerprint density at radius 1 is 1.34 bits per heavy atom. The van der Waals surface area contributed by atoms with E-state index in [1.807, 2.05) is 39.0 Å². The summed E-state index contributed by atoms with van der Waals surface area (Å²) in [6, 6.07) is 5.87. The fraction of sp³-hybridized carbons (Fsp3) is 0.409. The van der Waals surface area contributed by atoms with Crippen LogP contribution in [0.1, 0.15) is 57.5 Å². The van der Waals surface area contributed by atoms with Gasteiger partial charge in [-0.25, -0.2) is 19.7 Å². The SMILES string of the molecule is C=CCc1c(Cl)nc(C)nc1N(C(=O)OC(C)(C)C)c1ccc(C(C)C)cc1Br. The smallest absolute Gasteiger partial charge is 0.420 e. The molecule has 0 aliphatic heterocycles. The average molecular weight is 481 g/mol. The maximum Gasteiger partial charge on any atom is 0.420 e. The fourth-order valence-corrected chi connectivity index (χ4v) is 3.58. The first kappa shape index (κ1) is 23.4. The lowest BCUT2D eigenvalue weighted by molar-refractivity contribution is 0.0597. The maximum atomic E-state index is 13.3. The van der Waals surface area contributed by atoms with E-state index in [0.717, 1.165) is 10.0 Å². The van der Waals surface area contributed by atoms with Crippen LogP contribution in [0.5, 0.6) is 0 Å². The number of aryl methyl sites for hydroxylation is 1. The Balaban J connectivity index is 2.74. The second kappa shape index (κ2) is 9.26. The highest BCUT2D eigenvalue weighted by Gasteiger charge is 2.30. The molecule has 29 heavy (non-hydrogen) atoms. The molecule has 1 aromatic heterocycles. The van der Waals surface area contributed by atoms with E-state index in [9.17, 15) is 4.79 Å². The number of halogens is 2. The van der Waals surface area contributed by atoms with Crippen LogP contribution >= 0.6 is 27.5 Å². The van der Waals surface area contributed by atoms with Gasteiger partial charge in [-0.1, -0.05) is 37.6 Å². The molecule has 0 radical (unpaired) electrons. The molecule has 0 spiro atoms. The molecular formula is C22H27BrClN3O2. The summed E-state index contributed by atoms with van der Waals surface area (Å²) in [4.78, 5) is 23.5. The second-order valence-corrected chi connectivity index (χ2v) is 9.25. The van der Waals surface area contributed by atoms with Crippen molar-refractivity contribution in [3.63, 3.8) is 0 Å². The lowest BCUT2D eigenvalue weighted by Crippen LogP contribution is -2.35. The Morgan fingerprint density at radius 2 is 2.00 bits per heavy atom. The molecular weight excluding hydrogens is 454 g/mol. The standard InChI is InChI=1S/C22H27BrClN3O2/c1-8-9-16-19(24)25-14(4)26-20(16)27(21(28)29-22(5,6)7)18-11-10-15(13(2)3)12-17(18)23/h8,10-13H,1,9H2,2-7H3. The van der Waals surface area contributed by atoms with Crippen molar-refractivity contribution in [1.29, 1.82) is 0 Å². The highest BCUT2D eigenvalue weighted by Crippen LogP contribution is 2.37. The molecule has 0 bridgehead atoms. The van der Waals surface area contributed by atoms with Gasteiger partial charge in [0.15, 0.2) is 5.82 Å². The van der Waals surface area contributed by atoms with Crippen molar-refractivity contribution in [3.05, 3.63) is 57.4 Å². The highest BCUT2D eigenvalue weighted by molar-refractivity contribution is 9.10. The van der Waals surface area contributed by atoms with Crippen molar-refractivity contribution in [2.75, 3.05) is 4.90 Å². The van der Waals surface area contributed by atoms with Gasteiger partial charge in [-0.05, 0) is 73.7 Å². The normalized spacial score (nSPS) is 11.5. The molecule has 0 saturated carbocycles. The van der Waals surface area contributed by atoms with Crippen molar-refractivity contribution in [2.45, 2.75) is 59.5 Å². The number of allylic oxidation sites excluding steroid dienone is 1. The Labute approximate surface area is 186 Å². The minimum atomic E-state index is -0.676. The van der Waals surface area contributed by atoms with E-state index in [1.54, 1.807) is 13.0 Å². The first-order valence-electron chi connectivity index (χ1n) is 9.41. The molecule has 2 aromatic rings. The Morgan fingerprint density at radius 3 is 2.52 bits per heavy atom. The van der Waals surface area contributed by atoms with Gasteiger partial charge in [-0.2, -0.15) is 0 Å². The van der Waals surface area contributed by atoms with E-state index in [4.69, 9.17) is 16.3 Å². The topological polar surface area (TPSA) is 55.3 Å². The lowest BCUT2D eigenvalue weighted by Gasteiger charge is -2.29. The van der Waals surface area contributed by atoms with Crippen molar-refractivity contribution >= 4 is 45.1 Å². The van der Waals surface area contributed by atoms with Crippen LogP contribution < -0.4 is 4.90 Å². The number of carbonyl (C=O) groups is 1. The van der Waals surface area contributed by atoms with Gasteiger partial charge in [0.25, 0.3) is 0 Å². The van der Waals surface area contributed by atoms with Gasteiger partial charge in [0, 0.05) is 10.0 Å². The Hall–Kier alpha value is -1.92. The van der Waals surface area contributed by atoms with E-state index < -0.39 is 11.7 Å². The number of ether oxygens (including phenoxy) is 1. The maximum absolute atomic E-state index is 13.3. The van der Waals surface area contributed by atoms with Gasteiger partial charge >= 0.3 is 6.09 Å². The predicted octanol–water partition coefficient (Wildman–Crippen LogP) is 7.13. The molecule has 7 heteroatoms. The zero-order valence-electron chi connectivity index (χ0n) is 17.7. The minimum Gasteiger partial charge on any atom is -0.443 e. The summed E-state index contributed by atoms with van der Waals surface area (Å²) in [6.07, 6.45) is 1.57. The molecule has 156 valence electrons. The predicted molar refractivity (Wildman–Crippen MR) is 122 cm³/mol. The summed E-state index contributed by atoms with van der Waals surface area (Å²) in [5.41, 5.74) is 1.69. The van der Waals surface area contributed by atoms with Crippen LogP contribution in [-0.4, -0.2) is 21.7 Å². The Kier molecular flexibility index (Phi) is 7.46. The van der Waals surface area contributed by atoms with Gasteiger partial charge in [0.1, 0.15) is 16.6 Å². The average Bonchev–Trinajstić information content (AvgIpc) is 2.57. The third-order valence-electron chi connectivity index (χ3n) is 4.06. The number of rotatable bonds is 5. The first-order valence-corrected chi connectivity index (χ1v) is 10.6. The second-order valence-electron chi connectivity index (χ2n) is 8.04. The van der Waals surface area contributed by atoms with Crippen molar-refractivity contribution in [3.8, 4) is 0 Å². The largest absolute Gasteiger partial charge is 0.443 e.